The van der Waals surface area contributed by atoms with Crippen molar-refractivity contribution in [2.24, 2.45) is 10.8 Å². The predicted molar refractivity (Wildman–Crippen MR) is 65.9 cm³/mol. The molecule has 0 aromatic carbocycles. The maximum absolute atomic E-state index is 10.9. The van der Waals surface area contributed by atoms with E-state index in [1.165, 1.54) is 6.20 Å². The van der Waals surface area contributed by atoms with Crippen LogP contribution in [0.25, 0.3) is 0 Å². The Hall–Kier alpha value is -1.65. The highest BCUT2D eigenvalue weighted by molar-refractivity contribution is 5.61. The summed E-state index contributed by atoms with van der Waals surface area (Å²) >= 11 is 0. The largest absolute Gasteiger partial charge is 0.376 e. The topological polar surface area (TPSA) is 68.1 Å². The Labute approximate surface area is 100 Å². The van der Waals surface area contributed by atoms with E-state index in [4.69, 9.17) is 0 Å². The highest BCUT2D eigenvalue weighted by atomic mass is 16.6. The molecule has 2 rings (SSSR count). The maximum atomic E-state index is 10.9. The molecule has 1 aromatic rings. The van der Waals surface area contributed by atoms with E-state index in [9.17, 15) is 10.1 Å². The molecule has 92 valence electrons. The number of nitrogens with zero attached hydrogens (tertiary/aromatic N) is 2. The van der Waals surface area contributed by atoms with Crippen LogP contribution >= 0.6 is 0 Å². The lowest BCUT2D eigenvalue weighted by Crippen LogP contribution is -2.11. The maximum Gasteiger partial charge on any atom is 0.310 e. The average molecular weight is 235 g/mol. The molecule has 1 fully saturated rings. The van der Waals surface area contributed by atoms with E-state index >= 15 is 0 Å². The summed E-state index contributed by atoms with van der Waals surface area (Å²) < 4.78 is 0. The molecule has 1 saturated carbocycles. The summed E-state index contributed by atoms with van der Waals surface area (Å²) in [4.78, 5) is 14.3. The van der Waals surface area contributed by atoms with E-state index in [0.29, 0.717) is 5.69 Å². The second-order valence-corrected chi connectivity index (χ2v) is 5.67. The molecular weight excluding hydrogens is 218 g/mol. The first-order valence-electron chi connectivity index (χ1n) is 5.63. The monoisotopic (exact) mass is 235 g/mol. The molecule has 0 bridgehead atoms. The van der Waals surface area contributed by atoms with E-state index in [1.807, 2.05) is 0 Å². The van der Waals surface area contributed by atoms with E-state index in [-0.39, 0.29) is 22.6 Å². The Morgan fingerprint density at radius 3 is 2.41 bits per heavy atom. The van der Waals surface area contributed by atoms with Gasteiger partial charge < -0.3 is 5.32 Å². The molecule has 1 aliphatic carbocycles. The number of pyridine rings is 1. The molecule has 1 aliphatic rings. The molecule has 0 saturated heterocycles. The van der Waals surface area contributed by atoms with Crippen LogP contribution in [0, 0.1) is 20.9 Å². The number of nitrogens with one attached hydrogen (secondary N) is 1. The van der Waals surface area contributed by atoms with Crippen molar-refractivity contribution < 1.29 is 4.92 Å². The van der Waals surface area contributed by atoms with Gasteiger partial charge in [0.25, 0.3) is 0 Å². The lowest BCUT2D eigenvalue weighted by atomic mass is 10.0. The van der Waals surface area contributed by atoms with Gasteiger partial charge in [-0.3, -0.25) is 15.1 Å². The molecule has 17 heavy (non-hydrogen) atoms. The minimum absolute atomic E-state index is 0.0333. The van der Waals surface area contributed by atoms with Crippen LogP contribution in [0.3, 0.4) is 0 Å². The summed E-state index contributed by atoms with van der Waals surface area (Å²) in [5, 5.41) is 14.1. The van der Waals surface area contributed by atoms with Gasteiger partial charge in [0.1, 0.15) is 11.9 Å². The van der Waals surface area contributed by atoms with Crippen LogP contribution in [0.5, 0.6) is 0 Å². The fourth-order valence-electron chi connectivity index (χ4n) is 2.37. The van der Waals surface area contributed by atoms with E-state index in [1.54, 1.807) is 12.3 Å². The number of hydrogen-bond acceptors (Lipinski definition) is 4. The fourth-order valence-corrected chi connectivity index (χ4v) is 2.37. The number of hydrogen-bond donors (Lipinski definition) is 1. The molecular formula is C12H17N3O2. The van der Waals surface area contributed by atoms with Crippen LogP contribution in [0.15, 0.2) is 18.5 Å². The third-order valence-electron chi connectivity index (χ3n) is 4.32. The van der Waals surface area contributed by atoms with Gasteiger partial charge in [0.2, 0.25) is 0 Å². The van der Waals surface area contributed by atoms with Gasteiger partial charge in [0, 0.05) is 12.2 Å². The third-order valence-corrected chi connectivity index (χ3v) is 4.32. The Balaban J connectivity index is 2.25. The van der Waals surface area contributed by atoms with Crippen molar-refractivity contribution in [2.45, 2.75) is 33.7 Å². The van der Waals surface area contributed by atoms with Gasteiger partial charge in [0.05, 0.1) is 4.92 Å². The van der Waals surface area contributed by atoms with Gasteiger partial charge in [-0.25, -0.2) is 0 Å². The molecule has 0 aliphatic heterocycles. The third kappa shape index (κ3) is 1.66. The Morgan fingerprint density at radius 1 is 1.35 bits per heavy atom. The fraction of sp³-hybridized carbons (Fsp3) is 0.583. The normalized spacial score (nSPS) is 20.9. The Morgan fingerprint density at radius 2 is 1.94 bits per heavy atom. The number of aromatic nitrogens is 1. The number of nitro groups is 1. The van der Waals surface area contributed by atoms with Crippen LogP contribution in [0.2, 0.25) is 0 Å². The van der Waals surface area contributed by atoms with Crippen molar-refractivity contribution in [3.05, 3.63) is 28.6 Å². The first kappa shape index (κ1) is 11.8. The number of rotatable bonds is 3. The SMILES string of the molecule is CC1(C)C(Nc2ccncc2[N+](=O)[O-])C1(C)C. The Kier molecular flexibility index (Phi) is 2.38. The van der Waals surface area contributed by atoms with Crippen molar-refractivity contribution in [3.8, 4) is 0 Å². The van der Waals surface area contributed by atoms with Crippen molar-refractivity contribution in [2.75, 3.05) is 5.32 Å². The van der Waals surface area contributed by atoms with Crippen LogP contribution in [0.1, 0.15) is 27.7 Å². The summed E-state index contributed by atoms with van der Waals surface area (Å²) in [5.41, 5.74) is 0.869. The van der Waals surface area contributed by atoms with Crippen molar-refractivity contribution in [1.29, 1.82) is 0 Å². The molecule has 0 radical (unpaired) electrons. The molecule has 1 aromatic heterocycles. The van der Waals surface area contributed by atoms with Gasteiger partial charge in [-0.15, -0.1) is 0 Å². The quantitative estimate of drug-likeness (QED) is 0.646. The van der Waals surface area contributed by atoms with E-state index in [2.05, 4.69) is 38.0 Å². The van der Waals surface area contributed by atoms with Gasteiger partial charge in [-0.1, -0.05) is 27.7 Å². The summed E-state index contributed by atoms with van der Waals surface area (Å²) in [6.07, 6.45) is 2.85. The predicted octanol–water partition coefficient (Wildman–Crippen LogP) is 2.84. The first-order valence-corrected chi connectivity index (χ1v) is 5.63. The summed E-state index contributed by atoms with van der Waals surface area (Å²) in [5.74, 6) is 0. The van der Waals surface area contributed by atoms with Crippen molar-refractivity contribution >= 4 is 11.4 Å². The van der Waals surface area contributed by atoms with Crippen molar-refractivity contribution in [3.63, 3.8) is 0 Å². The first-order chi connectivity index (χ1) is 7.78. The van der Waals surface area contributed by atoms with Crippen molar-refractivity contribution in [1.82, 2.24) is 4.98 Å². The molecule has 0 amide bonds. The Bertz CT molecular complexity index is 455. The van der Waals surface area contributed by atoms with Gasteiger partial charge >= 0.3 is 5.69 Å². The zero-order valence-corrected chi connectivity index (χ0v) is 10.5. The molecule has 5 heteroatoms. The van der Waals surface area contributed by atoms with Gasteiger partial charge in [-0.05, 0) is 16.9 Å². The summed E-state index contributed by atoms with van der Waals surface area (Å²) in [7, 11) is 0. The van der Waals surface area contributed by atoms with E-state index in [0.717, 1.165) is 0 Å². The minimum atomic E-state index is -0.405. The lowest BCUT2D eigenvalue weighted by Gasteiger charge is -2.08. The van der Waals surface area contributed by atoms with Gasteiger partial charge in [-0.2, -0.15) is 0 Å². The van der Waals surface area contributed by atoms with Crippen LogP contribution in [0.4, 0.5) is 11.4 Å². The van der Waals surface area contributed by atoms with Crippen LogP contribution in [-0.4, -0.2) is 15.9 Å². The lowest BCUT2D eigenvalue weighted by molar-refractivity contribution is -0.384. The molecule has 1 N–H and O–H groups in total. The molecule has 1 heterocycles. The van der Waals surface area contributed by atoms with Gasteiger partial charge in [0.15, 0.2) is 0 Å². The summed E-state index contributed by atoms with van der Waals surface area (Å²) in [6, 6.07) is 1.90. The molecule has 0 atom stereocenters. The van der Waals surface area contributed by atoms with Crippen LogP contribution < -0.4 is 5.32 Å². The smallest absolute Gasteiger partial charge is 0.310 e. The zero-order valence-electron chi connectivity index (χ0n) is 10.5. The second kappa shape index (κ2) is 3.42. The highest BCUT2D eigenvalue weighted by Crippen LogP contribution is 2.63. The number of anilines is 1. The standard InChI is InChI=1S/C12H17N3O2/c1-11(2)10(12(11,3)4)14-8-5-6-13-7-9(8)15(16)17/h5-7,10H,1-4H3,(H,13,14). The molecule has 5 nitrogen and oxygen atoms in total. The second-order valence-electron chi connectivity index (χ2n) is 5.67. The average Bonchev–Trinajstić information content (AvgIpc) is 2.61. The molecule has 0 unspecified atom stereocenters. The van der Waals surface area contributed by atoms with E-state index < -0.39 is 4.92 Å². The summed E-state index contributed by atoms with van der Waals surface area (Å²) in [6.45, 7) is 8.66. The van der Waals surface area contributed by atoms with Crippen LogP contribution in [-0.2, 0) is 0 Å². The minimum Gasteiger partial charge on any atom is -0.376 e. The highest BCUT2D eigenvalue weighted by Gasteiger charge is 2.65. The molecule has 0 spiro atoms. The zero-order chi connectivity index (χ0) is 12.8.